The molecule has 5 aromatic rings. The Morgan fingerprint density at radius 1 is 0.659 bits per heavy atom. The first-order valence-corrected chi connectivity index (χ1v) is 16.1. The molecule has 0 bridgehead atoms. The third-order valence-electron chi connectivity index (χ3n) is 7.63. The van der Waals surface area contributed by atoms with E-state index in [-0.39, 0.29) is 35.6 Å². The summed E-state index contributed by atoms with van der Waals surface area (Å²) in [5.74, 6) is 0. The largest absolute Gasteiger partial charge is 1.00 e. The van der Waals surface area contributed by atoms with Crippen molar-refractivity contribution >= 4 is 3.21 Å². The molecule has 0 aromatic heterocycles. The summed E-state index contributed by atoms with van der Waals surface area (Å²) in [5.41, 5.74) is 14.1. The molecule has 0 saturated carbocycles. The molecule has 1 aliphatic rings. The number of rotatable bonds is 2. The van der Waals surface area contributed by atoms with Gasteiger partial charge in [0.2, 0.25) is 0 Å². The zero-order valence-corrected chi connectivity index (χ0v) is 31.3. The van der Waals surface area contributed by atoms with Crippen LogP contribution in [0, 0.1) is 19.9 Å². The van der Waals surface area contributed by atoms with Crippen molar-refractivity contribution in [1.82, 2.24) is 0 Å². The number of aryl methyl sites for hydroxylation is 2. The van der Waals surface area contributed by atoms with Gasteiger partial charge in [-0.25, -0.2) is 12.1 Å². The maximum absolute atomic E-state index is 3.67. The van der Waals surface area contributed by atoms with Crippen molar-refractivity contribution in [2.24, 2.45) is 0 Å². The summed E-state index contributed by atoms with van der Waals surface area (Å²) < 4.78 is 1.43. The molecule has 0 unspecified atom stereocenters. The average Bonchev–Trinajstić information content (AvgIpc) is 3.63. The first kappa shape index (κ1) is 37.7. The minimum absolute atomic E-state index is 0. The third kappa shape index (κ3) is 10.0. The number of halogens is 2. The van der Waals surface area contributed by atoms with Gasteiger partial charge in [0.25, 0.3) is 0 Å². The van der Waals surface area contributed by atoms with E-state index in [0.717, 1.165) is 6.42 Å². The molecule has 5 aromatic carbocycles. The molecule has 0 N–H and O–H groups in total. The maximum atomic E-state index is 3.67. The molecule has 0 spiro atoms. The van der Waals surface area contributed by atoms with Gasteiger partial charge in [-0.2, -0.15) is 42.0 Å². The van der Waals surface area contributed by atoms with Crippen LogP contribution in [-0.2, 0) is 41.5 Å². The Bertz CT molecular complexity index is 1520. The smallest absolute Gasteiger partial charge is 0.172 e. The minimum atomic E-state index is 0. The zero-order chi connectivity index (χ0) is 30.5. The molecule has 3 heteroatoms. The summed E-state index contributed by atoms with van der Waals surface area (Å²) in [4.78, 5) is 0. The summed E-state index contributed by atoms with van der Waals surface area (Å²) in [6.07, 6.45) is 1.03. The van der Waals surface area contributed by atoms with E-state index in [2.05, 4.69) is 140 Å². The molecule has 6 rings (SSSR count). The van der Waals surface area contributed by atoms with Gasteiger partial charge < -0.3 is 24.8 Å². The number of hydrogen-bond donors (Lipinski definition) is 0. The topological polar surface area (TPSA) is 0 Å². The predicted molar refractivity (Wildman–Crippen MR) is 179 cm³/mol. The van der Waals surface area contributed by atoms with Gasteiger partial charge in [0, 0.05) is 0 Å². The fraction of sp³-hybridized carbons (Fsp3) is 0.268. The van der Waals surface area contributed by atoms with Gasteiger partial charge >= 0.3 is 112 Å². The Balaban J connectivity index is 0.000000260. The van der Waals surface area contributed by atoms with E-state index >= 15 is 0 Å². The van der Waals surface area contributed by atoms with Gasteiger partial charge in [-0.05, 0) is 28.4 Å². The third-order valence-corrected chi connectivity index (χ3v) is 9.05. The van der Waals surface area contributed by atoms with Crippen LogP contribution in [0.5, 0.6) is 0 Å². The Morgan fingerprint density at radius 2 is 1.20 bits per heavy atom. The van der Waals surface area contributed by atoms with E-state index in [4.69, 9.17) is 0 Å². The number of hydrogen-bond acceptors (Lipinski definition) is 0. The van der Waals surface area contributed by atoms with Crippen LogP contribution in [0.2, 0.25) is 0 Å². The number of fused-ring (bicyclic) bond motifs is 3. The second-order valence-corrected chi connectivity index (χ2v) is 14.6. The van der Waals surface area contributed by atoms with Crippen LogP contribution in [0.25, 0.3) is 11.1 Å². The summed E-state index contributed by atoms with van der Waals surface area (Å²) in [6.45, 7) is 17.9. The molecular formula is C41H44Cl2Zr-2. The predicted octanol–water partition coefficient (Wildman–Crippen LogP) is 4.49. The number of benzene rings is 4. The quantitative estimate of drug-likeness (QED) is 0.234. The second kappa shape index (κ2) is 16.2. The standard InChI is InChI=1S/C21H25.C15H14.C5H5.2ClH.Zr/c1-20(2,3)16-7-9-18-14(12-16)11-15-13-17(21(4,5)6)8-10-19(15)18;1-12-5-3-7-14(9-12)11-15-8-4-6-13(2)10-15;1-2-4-5-3-1;;;/h7-10,12H,11H2,1-6H3;3-10H,1-2H3;1-5H;2*1H;/q-1;;-1;;;+2/p-2. The van der Waals surface area contributed by atoms with E-state index < -0.39 is 0 Å². The van der Waals surface area contributed by atoms with Crippen LogP contribution in [0.3, 0.4) is 0 Å². The van der Waals surface area contributed by atoms with Crippen molar-refractivity contribution in [3.63, 3.8) is 0 Å². The minimum Gasteiger partial charge on any atom is -1.00 e. The molecule has 228 valence electrons. The Hall–Kier alpha value is -2.44. The van der Waals surface area contributed by atoms with Gasteiger partial charge in [-0.1, -0.05) is 65.3 Å². The Labute approximate surface area is 293 Å². The van der Waals surface area contributed by atoms with Crippen LogP contribution < -0.4 is 24.8 Å². The molecule has 0 nitrogen and oxygen atoms in total. The molecule has 0 heterocycles. The van der Waals surface area contributed by atoms with Gasteiger partial charge in [0.1, 0.15) is 0 Å². The normalized spacial score (nSPS) is 11.3. The van der Waals surface area contributed by atoms with Crippen molar-refractivity contribution in [2.75, 3.05) is 0 Å². The van der Waals surface area contributed by atoms with E-state index in [9.17, 15) is 0 Å². The molecule has 44 heavy (non-hydrogen) atoms. The van der Waals surface area contributed by atoms with E-state index in [1.165, 1.54) is 83.1 Å². The summed E-state index contributed by atoms with van der Waals surface area (Å²) in [7, 11) is 0. The summed E-state index contributed by atoms with van der Waals surface area (Å²) in [6, 6.07) is 42.6. The van der Waals surface area contributed by atoms with Crippen molar-refractivity contribution < 1.29 is 49.0 Å². The van der Waals surface area contributed by atoms with Crippen molar-refractivity contribution in [2.45, 2.75) is 72.6 Å². The van der Waals surface area contributed by atoms with Crippen LogP contribution in [0.1, 0.15) is 86.1 Å². The van der Waals surface area contributed by atoms with E-state index in [1.807, 2.05) is 30.3 Å². The van der Waals surface area contributed by atoms with Crippen molar-refractivity contribution in [1.29, 1.82) is 0 Å². The second-order valence-electron chi connectivity index (χ2n) is 13.4. The Kier molecular flexibility index (Phi) is 13.9. The fourth-order valence-electron chi connectivity index (χ4n) is 5.12. The van der Waals surface area contributed by atoms with Crippen molar-refractivity contribution in [3.8, 4) is 11.1 Å². The van der Waals surface area contributed by atoms with Crippen LogP contribution in [0.15, 0.2) is 109 Å². The summed E-state index contributed by atoms with van der Waals surface area (Å²) >= 11 is 1.47. The van der Waals surface area contributed by atoms with Crippen molar-refractivity contribution in [3.05, 3.63) is 160 Å². The van der Waals surface area contributed by atoms with Crippen LogP contribution in [-0.4, -0.2) is 3.21 Å². The van der Waals surface area contributed by atoms with E-state index in [0.29, 0.717) is 0 Å². The summed E-state index contributed by atoms with van der Waals surface area (Å²) in [5, 5.41) is 0. The van der Waals surface area contributed by atoms with Gasteiger partial charge in [0.15, 0.2) is 0 Å². The first-order chi connectivity index (χ1) is 19.8. The molecule has 0 saturated heterocycles. The Morgan fingerprint density at radius 3 is 1.66 bits per heavy atom. The average molecular weight is 699 g/mol. The molecule has 0 radical (unpaired) electrons. The van der Waals surface area contributed by atoms with Crippen LogP contribution in [0.4, 0.5) is 0 Å². The van der Waals surface area contributed by atoms with Gasteiger partial charge in [0.05, 0.1) is 0 Å². The van der Waals surface area contributed by atoms with E-state index in [1.54, 1.807) is 0 Å². The monoisotopic (exact) mass is 696 g/mol. The first-order valence-electron chi connectivity index (χ1n) is 14.9. The molecule has 0 amide bonds. The molecule has 0 atom stereocenters. The molecule has 0 fully saturated rings. The molecule has 1 aliphatic carbocycles. The molecular weight excluding hydrogens is 655 g/mol. The van der Waals surface area contributed by atoms with Gasteiger partial charge in [-0.3, -0.25) is 0 Å². The van der Waals surface area contributed by atoms with Crippen LogP contribution >= 0.6 is 0 Å². The maximum Gasteiger partial charge on any atom is -0.172 e. The zero-order valence-electron chi connectivity index (χ0n) is 27.4. The van der Waals surface area contributed by atoms with Gasteiger partial charge in [-0.15, -0.1) is 11.1 Å². The fourth-order valence-corrected chi connectivity index (χ4v) is 5.88. The SMILES string of the molecule is CC(C)(C)c1[c-]c2c(cc1)-c1ccc(C(C)(C)C)cc1C2.Cc1cccc([C](=[Zr+2])c2cccc(C)c2)c1.[Cl-].[Cl-].c1cc[cH-]c1. The molecule has 0 aliphatic heterocycles.